The Morgan fingerprint density at radius 1 is 1.45 bits per heavy atom. The lowest BCUT2D eigenvalue weighted by Crippen LogP contribution is -2.48. The summed E-state index contributed by atoms with van der Waals surface area (Å²) in [4.78, 5) is 11.6. The smallest absolute Gasteiger partial charge is 0.331 e. The molecule has 1 aromatic heterocycles. The van der Waals surface area contributed by atoms with E-state index in [1.165, 1.54) is 4.68 Å². The first kappa shape index (κ1) is 13.2. The van der Waals surface area contributed by atoms with Gasteiger partial charge >= 0.3 is 5.97 Å². The third-order valence-electron chi connectivity index (χ3n) is 3.82. The first-order valence-corrected chi connectivity index (χ1v) is 7.13. The SMILES string of the molecule is Cc1ccc(Br)c(-c2nnnn2C2(C(=O)O)CCC2)c1. The zero-order valence-electron chi connectivity index (χ0n) is 10.9. The molecule has 1 aromatic carbocycles. The predicted octanol–water partition coefficient (Wildman–Crippen LogP) is 2.37. The summed E-state index contributed by atoms with van der Waals surface area (Å²) >= 11 is 3.47. The second-order valence-corrected chi connectivity index (χ2v) is 5.94. The maximum atomic E-state index is 11.6. The van der Waals surface area contributed by atoms with Crippen molar-refractivity contribution >= 4 is 21.9 Å². The Labute approximate surface area is 123 Å². The molecule has 0 radical (unpaired) electrons. The Balaban J connectivity index is 2.16. The molecule has 104 valence electrons. The molecule has 2 aromatic rings. The van der Waals surface area contributed by atoms with E-state index in [1.807, 2.05) is 25.1 Å². The number of tetrazole rings is 1. The monoisotopic (exact) mass is 336 g/mol. The van der Waals surface area contributed by atoms with Crippen molar-refractivity contribution in [2.75, 3.05) is 0 Å². The van der Waals surface area contributed by atoms with Gasteiger partial charge in [0.25, 0.3) is 0 Å². The summed E-state index contributed by atoms with van der Waals surface area (Å²) in [6.07, 6.45) is 1.99. The number of benzene rings is 1. The number of aromatic nitrogens is 4. The number of aryl methyl sites for hydroxylation is 1. The predicted molar refractivity (Wildman–Crippen MR) is 75.2 cm³/mol. The fraction of sp³-hybridized carbons (Fsp3) is 0.385. The zero-order chi connectivity index (χ0) is 14.3. The molecule has 0 unspecified atom stereocenters. The van der Waals surface area contributed by atoms with E-state index >= 15 is 0 Å². The molecule has 1 fully saturated rings. The number of carbonyl (C=O) groups is 1. The van der Waals surface area contributed by atoms with Gasteiger partial charge in [0.05, 0.1) is 0 Å². The quantitative estimate of drug-likeness (QED) is 0.930. The van der Waals surface area contributed by atoms with Gasteiger partial charge in [-0.15, -0.1) is 5.10 Å². The van der Waals surface area contributed by atoms with Crippen molar-refractivity contribution in [3.8, 4) is 11.4 Å². The van der Waals surface area contributed by atoms with Crippen molar-refractivity contribution in [2.45, 2.75) is 31.7 Å². The minimum atomic E-state index is -0.998. The summed E-state index contributed by atoms with van der Waals surface area (Å²) in [5, 5.41) is 21.2. The topological polar surface area (TPSA) is 80.9 Å². The van der Waals surface area contributed by atoms with Gasteiger partial charge in [-0.05, 0) is 48.7 Å². The first-order valence-electron chi connectivity index (χ1n) is 6.33. The molecule has 0 saturated heterocycles. The van der Waals surface area contributed by atoms with Gasteiger partial charge in [0.2, 0.25) is 0 Å². The van der Waals surface area contributed by atoms with Crippen LogP contribution in [-0.4, -0.2) is 31.3 Å². The summed E-state index contributed by atoms with van der Waals surface area (Å²) < 4.78 is 2.30. The Bertz CT molecular complexity index is 679. The van der Waals surface area contributed by atoms with Crippen molar-refractivity contribution in [1.82, 2.24) is 20.2 Å². The van der Waals surface area contributed by atoms with Crippen molar-refractivity contribution in [2.24, 2.45) is 0 Å². The number of halogens is 1. The first-order chi connectivity index (χ1) is 9.54. The number of aliphatic carboxylic acids is 1. The summed E-state index contributed by atoms with van der Waals surface area (Å²) in [7, 11) is 0. The van der Waals surface area contributed by atoms with Gasteiger partial charge in [-0.3, -0.25) is 0 Å². The van der Waals surface area contributed by atoms with Crippen LogP contribution >= 0.6 is 15.9 Å². The molecule has 0 spiro atoms. The van der Waals surface area contributed by atoms with Gasteiger partial charge in [-0.25, -0.2) is 9.48 Å². The van der Waals surface area contributed by atoms with Gasteiger partial charge in [0, 0.05) is 10.0 Å². The average Bonchev–Trinajstić information content (AvgIpc) is 2.80. The molecule has 20 heavy (non-hydrogen) atoms. The van der Waals surface area contributed by atoms with Crippen LogP contribution in [0.25, 0.3) is 11.4 Å². The third-order valence-corrected chi connectivity index (χ3v) is 4.51. The number of carboxylic acids is 1. The maximum absolute atomic E-state index is 11.6. The van der Waals surface area contributed by atoms with Crippen LogP contribution in [0.1, 0.15) is 24.8 Å². The Kier molecular flexibility index (Phi) is 3.08. The lowest BCUT2D eigenvalue weighted by molar-refractivity contribution is -0.153. The maximum Gasteiger partial charge on any atom is 0.331 e. The minimum Gasteiger partial charge on any atom is -0.479 e. The van der Waals surface area contributed by atoms with Crippen LogP contribution in [0, 0.1) is 6.92 Å². The van der Waals surface area contributed by atoms with Crippen LogP contribution in [0.4, 0.5) is 0 Å². The molecule has 3 rings (SSSR count). The molecule has 1 aliphatic rings. The van der Waals surface area contributed by atoms with E-state index < -0.39 is 11.5 Å². The van der Waals surface area contributed by atoms with E-state index in [-0.39, 0.29) is 0 Å². The highest BCUT2D eigenvalue weighted by molar-refractivity contribution is 9.10. The lowest BCUT2D eigenvalue weighted by Gasteiger charge is -2.37. The van der Waals surface area contributed by atoms with Crippen molar-refractivity contribution < 1.29 is 9.90 Å². The Morgan fingerprint density at radius 2 is 2.20 bits per heavy atom. The van der Waals surface area contributed by atoms with E-state index in [9.17, 15) is 9.90 Å². The molecule has 0 amide bonds. The molecule has 0 bridgehead atoms. The normalized spacial score (nSPS) is 16.7. The molecule has 1 saturated carbocycles. The van der Waals surface area contributed by atoms with Gasteiger partial charge in [-0.2, -0.15) is 0 Å². The minimum absolute atomic E-state index is 0.489. The van der Waals surface area contributed by atoms with Crippen LogP contribution in [-0.2, 0) is 10.3 Å². The van der Waals surface area contributed by atoms with E-state index in [4.69, 9.17) is 0 Å². The molecular weight excluding hydrogens is 324 g/mol. The Morgan fingerprint density at radius 3 is 2.80 bits per heavy atom. The van der Waals surface area contributed by atoms with E-state index in [0.29, 0.717) is 18.7 Å². The summed E-state index contributed by atoms with van der Waals surface area (Å²) in [6, 6.07) is 5.83. The standard InChI is InChI=1S/C13H13BrN4O2/c1-8-3-4-10(14)9(7-8)11-15-16-17-18(11)13(12(19)20)5-2-6-13/h3-4,7H,2,5-6H2,1H3,(H,19,20). The van der Waals surface area contributed by atoms with Crippen LogP contribution in [0.5, 0.6) is 0 Å². The zero-order valence-corrected chi connectivity index (χ0v) is 12.5. The molecule has 0 atom stereocenters. The highest BCUT2D eigenvalue weighted by atomic mass is 79.9. The van der Waals surface area contributed by atoms with E-state index in [0.717, 1.165) is 22.0 Å². The summed E-state index contributed by atoms with van der Waals surface area (Å²) in [5.41, 5.74) is 0.875. The van der Waals surface area contributed by atoms with E-state index in [1.54, 1.807) is 0 Å². The average molecular weight is 337 g/mol. The molecule has 1 aliphatic carbocycles. The second-order valence-electron chi connectivity index (χ2n) is 5.09. The van der Waals surface area contributed by atoms with Crippen LogP contribution in [0.15, 0.2) is 22.7 Å². The van der Waals surface area contributed by atoms with Gasteiger partial charge < -0.3 is 5.11 Å². The fourth-order valence-corrected chi connectivity index (χ4v) is 2.91. The van der Waals surface area contributed by atoms with E-state index in [2.05, 4.69) is 31.5 Å². The second kappa shape index (κ2) is 4.66. The molecule has 6 nitrogen and oxygen atoms in total. The largest absolute Gasteiger partial charge is 0.479 e. The van der Waals surface area contributed by atoms with Gasteiger partial charge in [0.1, 0.15) is 0 Å². The third kappa shape index (κ3) is 1.84. The highest BCUT2D eigenvalue weighted by Gasteiger charge is 2.49. The summed E-state index contributed by atoms with van der Waals surface area (Å²) in [5.74, 6) is -0.385. The van der Waals surface area contributed by atoms with Crippen molar-refractivity contribution in [1.29, 1.82) is 0 Å². The number of nitrogens with zero attached hydrogens (tertiary/aromatic N) is 4. The fourth-order valence-electron chi connectivity index (χ4n) is 2.48. The van der Waals surface area contributed by atoms with Crippen molar-refractivity contribution in [3.05, 3.63) is 28.2 Å². The van der Waals surface area contributed by atoms with Crippen LogP contribution < -0.4 is 0 Å². The van der Waals surface area contributed by atoms with Gasteiger partial charge in [-0.1, -0.05) is 27.6 Å². The summed E-state index contributed by atoms with van der Waals surface area (Å²) in [6.45, 7) is 1.97. The molecule has 0 aliphatic heterocycles. The number of hydrogen-bond acceptors (Lipinski definition) is 4. The number of carboxylic acid groups (broad SMARTS) is 1. The van der Waals surface area contributed by atoms with Crippen molar-refractivity contribution in [3.63, 3.8) is 0 Å². The number of rotatable bonds is 3. The molecule has 7 heteroatoms. The number of hydrogen-bond donors (Lipinski definition) is 1. The lowest BCUT2D eigenvalue weighted by atomic mass is 9.76. The van der Waals surface area contributed by atoms with Crippen LogP contribution in [0.2, 0.25) is 0 Å². The molecule has 1 N–H and O–H groups in total. The molecular formula is C13H13BrN4O2. The molecule has 1 heterocycles. The van der Waals surface area contributed by atoms with Crippen LogP contribution in [0.3, 0.4) is 0 Å². The Hall–Kier alpha value is -1.76. The van der Waals surface area contributed by atoms with Gasteiger partial charge in [0.15, 0.2) is 11.4 Å². The highest BCUT2D eigenvalue weighted by Crippen LogP contribution is 2.41.